The van der Waals surface area contributed by atoms with Gasteiger partial charge in [-0.3, -0.25) is 19.8 Å². The van der Waals surface area contributed by atoms with E-state index in [2.05, 4.69) is 11.2 Å². The smallest absolute Gasteiger partial charge is 0.277 e. The summed E-state index contributed by atoms with van der Waals surface area (Å²) in [6.45, 7) is -0.0836. The minimum Gasteiger partial charge on any atom is -0.277 e. The van der Waals surface area contributed by atoms with Crippen LogP contribution in [0.3, 0.4) is 0 Å². The lowest BCUT2D eigenvalue weighted by Crippen LogP contribution is -2.64. The van der Waals surface area contributed by atoms with Gasteiger partial charge in [-0.15, -0.1) is 6.42 Å². The third-order valence-corrected chi connectivity index (χ3v) is 3.51. The Morgan fingerprint density at radius 2 is 1.88 bits per heavy atom. The Morgan fingerprint density at radius 1 is 1.24 bits per heavy atom. The van der Waals surface area contributed by atoms with E-state index >= 15 is 0 Å². The van der Waals surface area contributed by atoms with E-state index in [4.69, 9.17) is 6.42 Å². The predicted molar refractivity (Wildman–Crippen MR) is 59.6 cm³/mol. The molecule has 0 bridgehead atoms. The van der Waals surface area contributed by atoms with Crippen molar-refractivity contribution >= 4 is 17.8 Å². The Labute approximate surface area is 99.5 Å². The van der Waals surface area contributed by atoms with Crippen LogP contribution in [-0.2, 0) is 9.59 Å². The first-order valence-electron chi connectivity index (χ1n) is 5.73. The number of nitrogens with one attached hydrogen (secondary N) is 1. The summed E-state index contributed by atoms with van der Waals surface area (Å²) < 4.78 is 0. The lowest BCUT2D eigenvalue weighted by molar-refractivity contribution is -0.153. The molecule has 1 N–H and O–H groups in total. The zero-order valence-corrected chi connectivity index (χ0v) is 9.49. The van der Waals surface area contributed by atoms with E-state index in [1.54, 1.807) is 0 Å². The number of carbonyl (C=O) groups excluding carboxylic acids is 3. The maximum atomic E-state index is 12.3. The molecule has 0 atom stereocenters. The summed E-state index contributed by atoms with van der Waals surface area (Å²) in [5.74, 6) is 1.38. The number of rotatable bonds is 1. The van der Waals surface area contributed by atoms with Crippen LogP contribution in [0.5, 0.6) is 0 Å². The lowest BCUT2D eigenvalue weighted by atomic mass is 9.71. The highest BCUT2D eigenvalue weighted by atomic mass is 16.2. The molecule has 90 valence electrons. The fraction of sp³-hybridized carbons (Fsp3) is 0.583. The van der Waals surface area contributed by atoms with E-state index in [9.17, 15) is 14.4 Å². The van der Waals surface area contributed by atoms with Gasteiger partial charge >= 0.3 is 6.03 Å². The van der Waals surface area contributed by atoms with E-state index in [0.717, 1.165) is 24.2 Å². The standard InChI is InChI=1S/C12H14N2O3/c1-2-8-14-10(16)12(6-4-3-5-7-12)9(15)13-11(14)17/h1H,3-8H2,(H,13,15,17). The van der Waals surface area contributed by atoms with E-state index in [0.29, 0.717) is 12.8 Å². The van der Waals surface area contributed by atoms with Gasteiger partial charge in [0.1, 0.15) is 5.41 Å². The third-order valence-electron chi connectivity index (χ3n) is 3.51. The molecule has 1 aliphatic heterocycles. The minimum absolute atomic E-state index is 0.0836. The van der Waals surface area contributed by atoms with Crippen LogP contribution >= 0.6 is 0 Å². The molecular formula is C12H14N2O3. The number of urea groups is 1. The SMILES string of the molecule is C#CCN1C(=O)NC(=O)C2(CCCCC2)C1=O. The van der Waals surface area contributed by atoms with Crippen LogP contribution in [0.25, 0.3) is 0 Å². The molecule has 2 fully saturated rings. The summed E-state index contributed by atoms with van der Waals surface area (Å²) in [6.07, 6.45) is 8.82. The van der Waals surface area contributed by atoms with Crippen molar-refractivity contribution in [3.63, 3.8) is 0 Å². The van der Waals surface area contributed by atoms with Gasteiger partial charge in [0, 0.05) is 0 Å². The van der Waals surface area contributed by atoms with Gasteiger partial charge < -0.3 is 0 Å². The average Bonchev–Trinajstić information content (AvgIpc) is 2.34. The van der Waals surface area contributed by atoms with E-state index in [1.165, 1.54) is 0 Å². The monoisotopic (exact) mass is 234 g/mol. The quantitative estimate of drug-likeness (QED) is 0.535. The molecule has 1 saturated heterocycles. The van der Waals surface area contributed by atoms with Crippen molar-refractivity contribution in [1.29, 1.82) is 0 Å². The second-order valence-electron chi connectivity index (χ2n) is 4.50. The van der Waals surface area contributed by atoms with Gasteiger partial charge in [0.25, 0.3) is 0 Å². The summed E-state index contributed by atoms with van der Waals surface area (Å²) in [6, 6.07) is -0.700. The highest BCUT2D eigenvalue weighted by Crippen LogP contribution is 2.39. The van der Waals surface area contributed by atoms with Crippen molar-refractivity contribution in [2.75, 3.05) is 6.54 Å². The molecule has 0 radical (unpaired) electrons. The normalized spacial score (nSPS) is 23.5. The first kappa shape index (κ1) is 11.6. The van der Waals surface area contributed by atoms with Crippen LogP contribution in [0.4, 0.5) is 4.79 Å². The van der Waals surface area contributed by atoms with Crippen molar-refractivity contribution in [2.45, 2.75) is 32.1 Å². The number of imide groups is 2. The summed E-state index contributed by atoms with van der Waals surface area (Å²) in [7, 11) is 0. The first-order valence-corrected chi connectivity index (χ1v) is 5.73. The zero-order valence-electron chi connectivity index (χ0n) is 9.49. The molecule has 4 amide bonds. The molecule has 17 heavy (non-hydrogen) atoms. The van der Waals surface area contributed by atoms with E-state index in [1.807, 2.05) is 0 Å². The fourth-order valence-electron chi connectivity index (χ4n) is 2.56. The van der Waals surface area contributed by atoms with Crippen LogP contribution < -0.4 is 5.32 Å². The minimum atomic E-state index is -1.05. The average molecular weight is 234 g/mol. The lowest BCUT2D eigenvalue weighted by Gasteiger charge is -2.40. The topological polar surface area (TPSA) is 66.5 Å². The number of hydrogen-bond donors (Lipinski definition) is 1. The number of carbonyl (C=O) groups is 3. The number of nitrogens with zero attached hydrogens (tertiary/aromatic N) is 1. The highest BCUT2D eigenvalue weighted by Gasteiger charge is 2.53. The predicted octanol–water partition coefficient (Wildman–Crippen LogP) is 0.648. The molecule has 5 heteroatoms. The summed E-state index contributed by atoms with van der Waals surface area (Å²) in [5, 5.41) is 2.24. The molecule has 2 rings (SSSR count). The maximum Gasteiger partial charge on any atom is 0.331 e. The van der Waals surface area contributed by atoms with Gasteiger partial charge in [-0.05, 0) is 12.8 Å². The van der Waals surface area contributed by atoms with Gasteiger partial charge in [-0.25, -0.2) is 4.79 Å². The Hall–Kier alpha value is -1.83. The number of hydrogen-bond acceptors (Lipinski definition) is 3. The van der Waals surface area contributed by atoms with Gasteiger partial charge in [0.15, 0.2) is 0 Å². The molecule has 0 unspecified atom stereocenters. The second kappa shape index (κ2) is 4.21. The first-order chi connectivity index (χ1) is 8.12. The summed E-state index contributed by atoms with van der Waals surface area (Å²) in [4.78, 5) is 36.6. The highest BCUT2D eigenvalue weighted by molar-refractivity contribution is 6.19. The molecule has 2 aliphatic rings. The Morgan fingerprint density at radius 3 is 2.47 bits per heavy atom. The largest absolute Gasteiger partial charge is 0.331 e. The Bertz CT molecular complexity index is 416. The molecule has 1 spiro atoms. The van der Waals surface area contributed by atoms with E-state index in [-0.39, 0.29) is 6.54 Å². The summed E-state index contributed by atoms with van der Waals surface area (Å²) >= 11 is 0. The fourth-order valence-corrected chi connectivity index (χ4v) is 2.56. The summed E-state index contributed by atoms with van der Waals surface area (Å²) in [5.41, 5.74) is -1.05. The van der Waals surface area contributed by atoms with Crippen molar-refractivity contribution in [2.24, 2.45) is 5.41 Å². The van der Waals surface area contributed by atoms with E-state index < -0.39 is 23.3 Å². The third kappa shape index (κ3) is 1.70. The molecular weight excluding hydrogens is 220 g/mol. The molecule has 1 saturated carbocycles. The number of terminal acetylenes is 1. The van der Waals surface area contributed by atoms with Gasteiger partial charge in [-0.1, -0.05) is 25.2 Å². The van der Waals surface area contributed by atoms with Crippen molar-refractivity contribution < 1.29 is 14.4 Å². The molecule has 0 aromatic carbocycles. The second-order valence-corrected chi connectivity index (χ2v) is 4.50. The van der Waals surface area contributed by atoms with Crippen molar-refractivity contribution in [1.82, 2.24) is 10.2 Å². The maximum absolute atomic E-state index is 12.3. The number of barbiturate groups is 1. The van der Waals surface area contributed by atoms with Crippen molar-refractivity contribution in [3.8, 4) is 12.3 Å². The zero-order chi connectivity index (χ0) is 12.5. The Balaban J connectivity index is 2.32. The number of amides is 4. The van der Waals surface area contributed by atoms with Crippen LogP contribution in [0.1, 0.15) is 32.1 Å². The van der Waals surface area contributed by atoms with Gasteiger partial charge in [0.05, 0.1) is 6.54 Å². The molecule has 0 aromatic rings. The van der Waals surface area contributed by atoms with Crippen molar-refractivity contribution in [3.05, 3.63) is 0 Å². The van der Waals surface area contributed by atoms with Crippen LogP contribution in [-0.4, -0.2) is 29.3 Å². The van der Waals surface area contributed by atoms with Gasteiger partial charge in [-0.2, -0.15) is 0 Å². The molecule has 1 heterocycles. The van der Waals surface area contributed by atoms with Crippen LogP contribution in [0.15, 0.2) is 0 Å². The molecule has 0 aromatic heterocycles. The van der Waals surface area contributed by atoms with Crippen LogP contribution in [0.2, 0.25) is 0 Å². The molecule has 1 aliphatic carbocycles. The van der Waals surface area contributed by atoms with Crippen LogP contribution in [0, 0.1) is 17.8 Å². The Kier molecular flexibility index (Phi) is 2.88. The van der Waals surface area contributed by atoms with Gasteiger partial charge in [0.2, 0.25) is 11.8 Å². The molecule has 5 nitrogen and oxygen atoms in total.